The van der Waals surface area contributed by atoms with Gasteiger partial charge in [-0.15, -0.1) is 12.4 Å². The van der Waals surface area contributed by atoms with Gasteiger partial charge < -0.3 is 16.0 Å². The number of fused-ring (bicyclic) bond motifs is 1. The Bertz CT molecular complexity index is 739. The minimum Gasteiger partial charge on any atom is -0.382 e. The minimum absolute atomic E-state index is 0. The van der Waals surface area contributed by atoms with Crippen molar-refractivity contribution in [3.8, 4) is 0 Å². The first kappa shape index (κ1) is 17.8. The van der Waals surface area contributed by atoms with Crippen LogP contribution < -0.4 is 16.0 Å². The van der Waals surface area contributed by atoms with E-state index in [2.05, 4.69) is 26.1 Å². The van der Waals surface area contributed by atoms with Crippen molar-refractivity contribution >= 4 is 29.7 Å². The fourth-order valence-corrected chi connectivity index (χ4v) is 3.60. The molecule has 1 aromatic carbocycles. The van der Waals surface area contributed by atoms with Crippen LogP contribution in [0.1, 0.15) is 47.4 Å². The molecule has 0 saturated heterocycles. The van der Waals surface area contributed by atoms with Crippen molar-refractivity contribution in [2.45, 2.75) is 44.7 Å². The van der Waals surface area contributed by atoms with E-state index in [1.807, 2.05) is 24.3 Å². The van der Waals surface area contributed by atoms with Gasteiger partial charge in [-0.1, -0.05) is 18.9 Å². The van der Waals surface area contributed by atoms with Crippen molar-refractivity contribution in [2.75, 3.05) is 17.2 Å². The second-order valence-electron chi connectivity index (χ2n) is 6.62. The van der Waals surface area contributed by atoms with Gasteiger partial charge in [0.05, 0.1) is 0 Å². The highest BCUT2D eigenvalue weighted by atomic mass is 35.5. The van der Waals surface area contributed by atoms with Gasteiger partial charge in [0.25, 0.3) is 5.91 Å². The van der Waals surface area contributed by atoms with Crippen LogP contribution in [0, 0.1) is 0 Å². The lowest BCUT2D eigenvalue weighted by molar-refractivity contribution is 0.102. The van der Waals surface area contributed by atoms with E-state index in [0.717, 1.165) is 35.6 Å². The molecular formula is C18H24ClN5O. The number of amides is 1. The van der Waals surface area contributed by atoms with E-state index in [-0.39, 0.29) is 18.3 Å². The van der Waals surface area contributed by atoms with Gasteiger partial charge in [-0.3, -0.25) is 9.89 Å². The SMILES string of the molecule is Cl.O=C(Nc1cccc(NC2CCCC2)c1)c1n[nH]c2c1CNCC2. The molecule has 25 heavy (non-hydrogen) atoms. The van der Waals surface area contributed by atoms with Crippen molar-refractivity contribution in [3.05, 3.63) is 41.2 Å². The minimum atomic E-state index is -0.158. The number of carbonyl (C=O) groups is 1. The topological polar surface area (TPSA) is 81.8 Å². The molecule has 0 atom stereocenters. The highest BCUT2D eigenvalue weighted by Gasteiger charge is 2.21. The lowest BCUT2D eigenvalue weighted by atomic mass is 10.1. The second kappa shape index (κ2) is 7.89. The van der Waals surface area contributed by atoms with Gasteiger partial charge in [-0.2, -0.15) is 5.10 Å². The largest absolute Gasteiger partial charge is 0.382 e. The van der Waals surface area contributed by atoms with E-state index in [0.29, 0.717) is 18.3 Å². The molecule has 2 heterocycles. The van der Waals surface area contributed by atoms with E-state index in [4.69, 9.17) is 0 Å². The highest BCUT2D eigenvalue weighted by Crippen LogP contribution is 2.24. The number of hydrogen-bond acceptors (Lipinski definition) is 4. The van der Waals surface area contributed by atoms with Crippen molar-refractivity contribution in [1.82, 2.24) is 15.5 Å². The average Bonchev–Trinajstić information content (AvgIpc) is 3.24. The molecule has 1 aliphatic carbocycles. The number of carbonyl (C=O) groups excluding carboxylic acids is 1. The molecule has 0 spiro atoms. The normalized spacial score (nSPS) is 16.8. The molecule has 4 rings (SSSR count). The Balaban J connectivity index is 0.00000182. The van der Waals surface area contributed by atoms with Crippen molar-refractivity contribution in [1.29, 1.82) is 0 Å². The van der Waals surface area contributed by atoms with Crippen LogP contribution in [0.3, 0.4) is 0 Å². The third-order valence-corrected chi connectivity index (χ3v) is 4.87. The average molecular weight is 362 g/mol. The number of benzene rings is 1. The van der Waals surface area contributed by atoms with E-state index in [1.54, 1.807) is 0 Å². The first-order chi connectivity index (χ1) is 11.8. The maximum absolute atomic E-state index is 12.6. The Hall–Kier alpha value is -2.05. The lowest BCUT2D eigenvalue weighted by Crippen LogP contribution is -2.25. The maximum Gasteiger partial charge on any atom is 0.276 e. The summed E-state index contributed by atoms with van der Waals surface area (Å²) in [5.74, 6) is -0.158. The highest BCUT2D eigenvalue weighted by molar-refractivity contribution is 6.04. The monoisotopic (exact) mass is 361 g/mol. The Kier molecular flexibility index (Phi) is 5.60. The molecule has 4 N–H and O–H groups in total. The van der Waals surface area contributed by atoms with Gasteiger partial charge in [0.15, 0.2) is 5.69 Å². The van der Waals surface area contributed by atoms with Crippen LogP contribution in [-0.2, 0) is 13.0 Å². The number of nitrogens with one attached hydrogen (secondary N) is 4. The molecule has 0 bridgehead atoms. The van der Waals surface area contributed by atoms with Crippen LogP contribution in [-0.4, -0.2) is 28.7 Å². The molecule has 1 fully saturated rings. The Labute approximate surface area is 153 Å². The Morgan fingerprint density at radius 2 is 2.00 bits per heavy atom. The molecule has 0 radical (unpaired) electrons. The molecule has 1 saturated carbocycles. The van der Waals surface area contributed by atoms with Gasteiger partial charge in [-0.25, -0.2) is 0 Å². The molecule has 6 nitrogen and oxygen atoms in total. The number of nitrogens with zero attached hydrogens (tertiary/aromatic N) is 1. The van der Waals surface area contributed by atoms with Crippen LogP contribution in [0.25, 0.3) is 0 Å². The van der Waals surface area contributed by atoms with Crippen LogP contribution in [0.2, 0.25) is 0 Å². The van der Waals surface area contributed by atoms with Gasteiger partial charge in [0, 0.05) is 48.2 Å². The smallest absolute Gasteiger partial charge is 0.276 e. The quantitative estimate of drug-likeness (QED) is 0.674. The third-order valence-electron chi connectivity index (χ3n) is 4.87. The molecule has 0 unspecified atom stereocenters. The number of hydrogen-bond donors (Lipinski definition) is 4. The van der Waals surface area contributed by atoms with Crippen molar-refractivity contribution in [2.24, 2.45) is 0 Å². The zero-order valence-corrected chi connectivity index (χ0v) is 14.9. The molecule has 7 heteroatoms. The molecule has 1 aromatic heterocycles. The van der Waals surface area contributed by atoms with Crippen LogP contribution in [0.4, 0.5) is 11.4 Å². The Morgan fingerprint density at radius 1 is 1.20 bits per heavy atom. The molecule has 2 aliphatic rings. The predicted molar refractivity (Wildman–Crippen MR) is 102 cm³/mol. The fourth-order valence-electron chi connectivity index (χ4n) is 3.60. The van der Waals surface area contributed by atoms with E-state index >= 15 is 0 Å². The zero-order chi connectivity index (χ0) is 16.4. The standard InChI is InChI=1S/C18H23N5O.ClH/c24-18(17-15-11-19-9-8-16(15)22-23-17)21-14-7-3-6-13(10-14)20-12-4-1-2-5-12;/h3,6-7,10,12,19-20H,1-2,4-5,8-9,11H2,(H,21,24)(H,22,23);1H. The summed E-state index contributed by atoms with van der Waals surface area (Å²) < 4.78 is 0. The van der Waals surface area contributed by atoms with Crippen LogP contribution >= 0.6 is 12.4 Å². The summed E-state index contributed by atoms with van der Waals surface area (Å²) >= 11 is 0. The van der Waals surface area contributed by atoms with E-state index in [1.165, 1.54) is 25.7 Å². The summed E-state index contributed by atoms with van der Waals surface area (Å²) in [5, 5.41) is 17.0. The van der Waals surface area contributed by atoms with Gasteiger partial charge in [0.1, 0.15) is 0 Å². The second-order valence-corrected chi connectivity index (χ2v) is 6.62. The summed E-state index contributed by atoms with van der Waals surface area (Å²) in [6.07, 6.45) is 5.93. The summed E-state index contributed by atoms with van der Waals surface area (Å²) in [7, 11) is 0. The van der Waals surface area contributed by atoms with Gasteiger partial charge in [0.2, 0.25) is 0 Å². The van der Waals surface area contributed by atoms with Gasteiger partial charge in [-0.05, 0) is 31.0 Å². The summed E-state index contributed by atoms with van der Waals surface area (Å²) in [4.78, 5) is 12.6. The fraction of sp³-hybridized carbons (Fsp3) is 0.444. The molecule has 1 amide bonds. The van der Waals surface area contributed by atoms with Gasteiger partial charge >= 0.3 is 0 Å². The number of anilines is 2. The van der Waals surface area contributed by atoms with Crippen LogP contribution in [0.15, 0.2) is 24.3 Å². The molecular weight excluding hydrogens is 338 g/mol. The maximum atomic E-state index is 12.6. The van der Waals surface area contributed by atoms with Crippen LogP contribution in [0.5, 0.6) is 0 Å². The number of rotatable bonds is 4. The molecule has 134 valence electrons. The predicted octanol–water partition coefficient (Wildman–Crippen LogP) is 3.08. The van der Waals surface area contributed by atoms with Crippen molar-refractivity contribution in [3.63, 3.8) is 0 Å². The first-order valence-electron chi connectivity index (χ1n) is 8.74. The van der Waals surface area contributed by atoms with E-state index in [9.17, 15) is 4.79 Å². The number of aromatic amines is 1. The summed E-state index contributed by atoms with van der Waals surface area (Å²) in [6.45, 7) is 1.61. The van der Waals surface area contributed by atoms with Crippen molar-refractivity contribution < 1.29 is 4.79 Å². The summed E-state index contributed by atoms with van der Waals surface area (Å²) in [6, 6.07) is 8.48. The molecule has 2 aromatic rings. The lowest BCUT2D eigenvalue weighted by Gasteiger charge is -2.15. The number of aromatic nitrogens is 2. The zero-order valence-electron chi connectivity index (χ0n) is 14.1. The number of H-pyrrole nitrogens is 1. The third kappa shape index (κ3) is 3.96. The first-order valence-corrected chi connectivity index (χ1v) is 8.74. The molecule has 1 aliphatic heterocycles. The van der Waals surface area contributed by atoms with E-state index < -0.39 is 0 Å². The Morgan fingerprint density at radius 3 is 2.84 bits per heavy atom. The summed E-state index contributed by atoms with van der Waals surface area (Å²) in [5.41, 5.74) is 4.40. The number of halogens is 1.